The zero-order chi connectivity index (χ0) is 16.4. The molecule has 1 atom stereocenters. The van der Waals surface area contributed by atoms with Crippen molar-refractivity contribution in [2.75, 3.05) is 20.1 Å². The predicted molar refractivity (Wildman–Crippen MR) is 94.4 cm³/mol. The summed E-state index contributed by atoms with van der Waals surface area (Å²) in [7, 11) is 2.26. The van der Waals surface area contributed by atoms with Crippen LogP contribution in [0.2, 0.25) is 0 Å². The van der Waals surface area contributed by atoms with Gasteiger partial charge in [-0.3, -0.25) is 14.8 Å². The van der Waals surface area contributed by atoms with Crippen LogP contribution < -0.4 is 0 Å². The number of hydrogen-bond acceptors (Lipinski definition) is 4. The summed E-state index contributed by atoms with van der Waals surface area (Å²) in [6.07, 6.45) is 9.01. The van der Waals surface area contributed by atoms with Gasteiger partial charge in [0.2, 0.25) is 0 Å². The molecule has 1 saturated heterocycles. The van der Waals surface area contributed by atoms with Crippen LogP contribution in [-0.2, 0) is 13.1 Å². The van der Waals surface area contributed by atoms with Gasteiger partial charge in [-0.1, -0.05) is 6.07 Å². The molecule has 1 unspecified atom stereocenters. The van der Waals surface area contributed by atoms with Gasteiger partial charge in [0.25, 0.3) is 0 Å². The summed E-state index contributed by atoms with van der Waals surface area (Å²) in [5, 5.41) is 0. The van der Waals surface area contributed by atoms with Crippen LogP contribution in [0.5, 0.6) is 0 Å². The molecule has 1 saturated carbocycles. The third kappa shape index (κ3) is 3.13. The smallest absolute Gasteiger partial charge is 0.117 e. The first-order chi connectivity index (χ1) is 11.8. The lowest BCUT2D eigenvalue weighted by Gasteiger charge is -2.57. The molecule has 128 valence electrons. The van der Waals surface area contributed by atoms with Crippen molar-refractivity contribution in [3.05, 3.63) is 54.2 Å². The molecule has 4 rings (SSSR count). The Labute approximate surface area is 144 Å². The van der Waals surface area contributed by atoms with Crippen molar-refractivity contribution in [1.29, 1.82) is 0 Å². The maximum absolute atomic E-state index is 5.53. The molecule has 4 heteroatoms. The van der Waals surface area contributed by atoms with Gasteiger partial charge in [-0.05, 0) is 75.5 Å². The fourth-order valence-corrected chi connectivity index (χ4v) is 4.59. The Morgan fingerprint density at radius 1 is 1.21 bits per heavy atom. The van der Waals surface area contributed by atoms with E-state index in [1.807, 2.05) is 18.3 Å². The summed E-state index contributed by atoms with van der Waals surface area (Å²) in [5.74, 6) is 1.08. The van der Waals surface area contributed by atoms with Crippen LogP contribution in [-0.4, -0.2) is 41.0 Å². The van der Waals surface area contributed by atoms with E-state index in [0.29, 0.717) is 11.5 Å². The minimum Gasteiger partial charge on any atom is -0.468 e. The minimum atomic E-state index is 0.530. The number of aromatic nitrogens is 1. The number of nitrogens with zero attached hydrogens (tertiary/aromatic N) is 3. The van der Waals surface area contributed by atoms with E-state index in [2.05, 4.69) is 40.0 Å². The SMILES string of the molecule is CN(Cc1ccco1)C1CCC12CCN(Cc1ccccn1)CC2. The lowest BCUT2D eigenvalue weighted by molar-refractivity contribution is -0.0649. The summed E-state index contributed by atoms with van der Waals surface area (Å²) in [5.41, 5.74) is 1.72. The number of piperidine rings is 1. The fourth-order valence-electron chi connectivity index (χ4n) is 4.59. The molecule has 24 heavy (non-hydrogen) atoms. The Kier molecular flexibility index (Phi) is 4.42. The lowest BCUT2D eigenvalue weighted by Crippen LogP contribution is -2.57. The zero-order valence-corrected chi connectivity index (χ0v) is 14.5. The van der Waals surface area contributed by atoms with E-state index in [0.717, 1.165) is 18.8 Å². The van der Waals surface area contributed by atoms with Gasteiger partial charge in [-0.15, -0.1) is 0 Å². The van der Waals surface area contributed by atoms with Gasteiger partial charge in [0, 0.05) is 18.8 Å². The lowest BCUT2D eigenvalue weighted by atomic mass is 9.58. The molecule has 2 aromatic rings. The summed E-state index contributed by atoms with van der Waals surface area (Å²) in [6.45, 7) is 4.31. The highest BCUT2D eigenvalue weighted by atomic mass is 16.3. The second-order valence-corrected chi connectivity index (χ2v) is 7.51. The van der Waals surface area contributed by atoms with E-state index in [-0.39, 0.29) is 0 Å². The van der Waals surface area contributed by atoms with Crippen molar-refractivity contribution in [2.24, 2.45) is 5.41 Å². The Hall–Kier alpha value is -1.65. The summed E-state index contributed by atoms with van der Waals surface area (Å²) in [6, 6.07) is 11.0. The minimum absolute atomic E-state index is 0.530. The van der Waals surface area contributed by atoms with Crippen molar-refractivity contribution in [3.63, 3.8) is 0 Å². The van der Waals surface area contributed by atoms with Gasteiger partial charge in [0.1, 0.15) is 5.76 Å². The van der Waals surface area contributed by atoms with Crippen LogP contribution in [0.4, 0.5) is 0 Å². The van der Waals surface area contributed by atoms with E-state index in [1.165, 1.54) is 44.5 Å². The van der Waals surface area contributed by atoms with Crippen molar-refractivity contribution >= 4 is 0 Å². The van der Waals surface area contributed by atoms with Crippen LogP contribution in [0, 0.1) is 5.41 Å². The molecular formula is C20H27N3O. The fraction of sp³-hybridized carbons (Fsp3) is 0.550. The maximum atomic E-state index is 5.53. The number of rotatable bonds is 5. The van der Waals surface area contributed by atoms with Gasteiger partial charge in [0.05, 0.1) is 18.5 Å². The average Bonchev–Trinajstić information content (AvgIpc) is 3.08. The van der Waals surface area contributed by atoms with E-state index >= 15 is 0 Å². The van der Waals surface area contributed by atoms with E-state index in [9.17, 15) is 0 Å². The number of hydrogen-bond donors (Lipinski definition) is 0. The van der Waals surface area contributed by atoms with Crippen molar-refractivity contribution in [1.82, 2.24) is 14.8 Å². The Balaban J connectivity index is 1.32. The molecule has 2 aromatic heterocycles. The molecule has 0 bridgehead atoms. The zero-order valence-electron chi connectivity index (χ0n) is 14.5. The molecule has 2 fully saturated rings. The van der Waals surface area contributed by atoms with Crippen LogP contribution in [0.3, 0.4) is 0 Å². The first-order valence-electron chi connectivity index (χ1n) is 9.10. The molecule has 2 aliphatic rings. The first kappa shape index (κ1) is 15.9. The van der Waals surface area contributed by atoms with Crippen molar-refractivity contribution < 1.29 is 4.42 Å². The molecule has 1 spiro atoms. The van der Waals surface area contributed by atoms with E-state index in [4.69, 9.17) is 4.42 Å². The van der Waals surface area contributed by atoms with Crippen LogP contribution in [0.25, 0.3) is 0 Å². The van der Waals surface area contributed by atoms with E-state index in [1.54, 1.807) is 6.26 Å². The summed E-state index contributed by atoms with van der Waals surface area (Å²) < 4.78 is 5.53. The molecule has 0 amide bonds. The second kappa shape index (κ2) is 6.69. The predicted octanol–water partition coefficient (Wildman–Crippen LogP) is 3.55. The number of furan rings is 1. The second-order valence-electron chi connectivity index (χ2n) is 7.51. The maximum Gasteiger partial charge on any atom is 0.117 e. The molecule has 0 N–H and O–H groups in total. The average molecular weight is 325 g/mol. The van der Waals surface area contributed by atoms with Gasteiger partial charge in [-0.25, -0.2) is 0 Å². The van der Waals surface area contributed by atoms with Crippen LogP contribution >= 0.6 is 0 Å². The monoisotopic (exact) mass is 325 g/mol. The topological polar surface area (TPSA) is 32.5 Å². The molecular weight excluding hydrogens is 298 g/mol. The molecule has 4 nitrogen and oxygen atoms in total. The molecule has 1 aliphatic heterocycles. The molecule has 0 aromatic carbocycles. The number of likely N-dealkylation sites (tertiary alicyclic amines) is 1. The van der Waals surface area contributed by atoms with Gasteiger partial charge >= 0.3 is 0 Å². The number of pyridine rings is 1. The third-order valence-corrected chi connectivity index (χ3v) is 6.10. The highest BCUT2D eigenvalue weighted by Crippen LogP contribution is 2.51. The normalized spacial score (nSPS) is 23.5. The summed E-state index contributed by atoms with van der Waals surface area (Å²) in [4.78, 5) is 9.54. The van der Waals surface area contributed by atoms with Gasteiger partial charge in [-0.2, -0.15) is 0 Å². The van der Waals surface area contributed by atoms with Gasteiger partial charge in [0.15, 0.2) is 0 Å². The first-order valence-corrected chi connectivity index (χ1v) is 9.10. The molecule has 0 radical (unpaired) electrons. The van der Waals surface area contributed by atoms with Crippen molar-refractivity contribution in [2.45, 2.75) is 44.8 Å². The summed E-state index contributed by atoms with van der Waals surface area (Å²) >= 11 is 0. The van der Waals surface area contributed by atoms with E-state index < -0.39 is 0 Å². The third-order valence-electron chi connectivity index (χ3n) is 6.10. The van der Waals surface area contributed by atoms with Crippen LogP contribution in [0.1, 0.15) is 37.1 Å². The Bertz CT molecular complexity index is 632. The largest absolute Gasteiger partial charge is 0.468 e. The standard InChI is InChI=1S/C20H27N3O/c1-22(16-18-6-4-14-24-18)19-7-8-20(19)9-12-23(13-10-20)15-17-5-2-3-11-21-17/h2-6,11,14,19H,7-10,12-13,15-16H2,1H3. The highest BCUT2D eigenvalue weighted by Gasteiger charge is 2.49. The van der Waals surface area contributed by atoms with Gasteiger partial charge < -0.3 is 4.42 Å². The quantitative estimate of drug-likeness (QED) is 0.841. The molecule has 3 heterocycles. The van der Waals surface area contributed by atoms with Crippen molar-refractivity contribution in [3.8, 4) is 0 Å². The van der Waals surface area contributed by atoms with Crippen LogP contribution in [0.15, 0.2) is 47.2 Å². The highest BCUT2D eigenvalue weighted by molar-refractivity contribution is 5.07. The Morgan fingerprint density at radius 3 is 2.71 bits per heavy atom. The Morgan fingerprint density at radius 2 is 2.08 bits per heavy atom. The molecule has 1 aliphatic carbocycles.